The summed E-state index contributed by atoms with van der Waals surface area (Å²) < 4.78 is 5.73. The normalized spacial score (nSPS) is 10.2. The van der Waals surface area contributed by atoms with E-state index in [0.29, 0.717) is 6.61 Å². The summed E-state index contributed by atoms with van der Waals surface area (Å²) in [6.45, 7) is 0.571. The number of hydrogen-bond donors (Lipinski definition) is 0. The Morgan fingerprint density at radius 3 is 2.05 bits per heavy atom. The third kappa shape index (κ3) is 3.07. The zero-order valence-electron chi connectivity index (χ0n) is 11.1. The SMILES string of the molecule is [c]1cc(-c2ccccc2)ccc1OCc1ccccc1. The van der Waals surface area contributed by atoms with Gasteiger partial charge in [0.15, 0.2) is 0 Å². The van der Waals surface area contributed by atoms with Gasteiger partial charge in [-0.1, -0.05) is 66.7 Å². The Labute approximate surface area is 119 Å². The monoisotopic (exact) mass is 259 g/mol. The maximum absolute atomic E-state index is 5.73. The predicted octanol–water partition coefficient (Wildman–Crippen LogP) is 4.73. The maximum Gasteiger partial charge on any atom is 0.127 e. The third-order valence-corrected chi connectivity index (χ3v) is 3.13. The van der Waals surface area contributed by atoms with Gasteiger partial charge >= 0.3 is 0 Å². The van der Waals surface area contributed by atoms with Crippen molar-refractivity contribution in [2.45, 2.75) is 6.61 Å². The molecule has 0 saturated carbocycles. The van der Waals surface area contributed by atoms with Gasteiger partial charge in [-0.05, 0) is 28.8 Å². The van der Waals surface area contributed by atoms with Crippen LogP contribution in [0.4, 0.5) is 0 Å². The number of ether oxygens (including phenoxy) is 1. The minimum Gasteiger partial charge on any atom is -0.488 e. The fourth-order valence-electron chi connectivity index (χ4n) is 2.05. The minimum absolute atomic E-state index is 0.571. The Morgan fingerprint density at radius 2 is 1.40 bits per heavy atom. The van der Waals surface area contributed by atoms with E-state index in [2.05, 4.69) is 36.4 Å². The fraction of sp³-hybridized carbons (Fsp3) is 0.0526. The smallest absolute Gasteiger partial charge is 0.127 e. The zero-order valence-corrected chi connectivity index (χ0v) is 11.1. The van der Waals surface area contributed by atoms with Crippen LogP contribution in [0.1, 0.15) is 5.56 Å². The molecule has 0 aliphatic carbocycles. The van der Waals surface area contributed by atoms with E-state index in [1.165, 1.54) is 5.56 Å². The van der Waals surface area contributed by atoms with Gasteiger partial charge in [-0.3, -0.25) is 0 Å². The second kappa shape index (κ2) is 6.07. The number of hydrogen-bond acceptors (Lipinski definition) is 1. The second-order valence-electron chi connectivity index (χ2n) is 4.58. The molecular weight excluding hydrogens is 244 g/mol. The summed E-state index contributed by atoms with van der Waals surface area (Å²) in [5.74, 6) is 0.772. The van der Waals surface area contributed by atoms with Crippen LogP contribution in [0.15, 0.2) is 78.9 Å². The molecule has 0 spiro atoms. The van der Waals surface area contributed by atoms with Crippen molar-refractivity contribution in [3.8, 4) is 16.9 Å². The highest BCUT2D eigenvalue weighted by atomic mass is 16.5. The van der Waals surface area contributed by atoms with Gasteiger partial charge < -0.3 is 4.74 Å². The standard InChI is InChI=1S/C19H15O/c1-3-7-16(8-4-1)15-20-19-13-11-18(12-14-19)17-9-5-2-6-10-17/h1-13H,15H2. The summed E-state index contributed by atoms with van der Waals surface area (Å²) in [5.41, 5.74) is 3.50. The first-order chi connectivity index (χ1) is 9.92. The van der Waals surface area contributed by atoms with Crippen LogP contribution < -0.4 is 4.74 Å². The third-order valence-electron chi connectivity index (χ3n) is 3.13. The topological polar surface area (TPSA) is 9.23 Å². The molecule has 0 atom stereocenters. The van der Waals surface area contributed by atoms with E-state index in [1.807, 2.05) is 48.5 Å². The van der Waals surface area contributed by atoms with Crippen molar-refractivity contribution in [2.75, 3.05) is 0 Å². The highest BCUT2D eigenvalue weighted by Crippen LogP contribution is 2.22. The van der Waals surface area contributed by atoms with Crippen molar-refractivity contribution < 1.29 is 4.74 Å². The summed E-state index contributed by atoms with van der Waals surface area (Å²) in [6, 6.07) is 29.6. The lowest BCUT2D eigenvalue weighted by Crippen LogP contribution is -1.94. The van der Waals surface area contributed by atoms with Gasteiger partial charge in [0, 0.05) is 6.07 Å². The quantitative estimate of drug-likeness (QED) is 0.658. The summed E-state index contributed by atoms with van der Waals surface area (Å²) in [4.78, 5) is 0. The Hall–Kier alpha value is -2.54. The summed E-state index contributed by atoms with van der Waals surface area (Å²) in [6.07, 6.45) is 0. The maximum atomic E-state index is 5.73. The molecule has 20 heavy (non-hydrogen) atoms. The summed E-state index contributed by atoms with van der Waals surface area (Å²) in [5, 5.41) is 0. The molecular formula is C19H15O. The molecule has 3 aromatic rings. The Kier molecular flexibility index (Phi) is 3.79. The molecule has 0 heterocycles. The van der Waals surface area contributed by atoms with Crippen LogP contribution >= 0.6 is 0 Å². The molecule has 0 aliphatic rings. The van der Waals surface area contributed by atoms with Crippen LogP contribution in [0.3, 0.4) is 0 Å². The molecule has 1 nitrogen and oxygen atoms in total. The second-order valence-corrected chi connectivity index (χ2v) is 4.58. The molecule has 0 unspecified atom stereocenters. The van der Waals surface area contributed by atoms with Crippen LogP contribution in [-0.4, -0.2) is 0 Å². The summed E-state index contributed by atoms with van der Waals surface area (Å²) >= 11 is 0. The van der Waals surface area contributed by atoms with E-state index in [4.69, 9.17) is 4.74 Å². The lowest BCUT2D eigenvalue weighted by Gasteiger charge is -2.07. The molecule has 0 fully saturated rings. The van der Waals surface area contributed by atoms with Crippen LogP contribution in [-0.2, 0) is 6.61 Å². The molecule has 1 radical (unpaired) electrons. The van der Waals surface area contributed by atoms with Crippen LogP contribution in [0.5, 0.6) is 5.75 Å². The Balaban J connectivity index is 1.68. The first-order valence-corrected chi connectivity index (χ1v) is 6.66. The first-order valence-electron chi connectivity index (χ1n) is 6.66. The van der Waals surface area contributed by atoms with Gasteiger partial charge in [-0.15, -0.1) is 0 Å². The van der Waals surface area contributed by atoms with Crippen LogP contribution in [0, 0.1) is 6.07 Å². The van der Waals surface area contributed by atoms with E-state index in [-0.39, 0.29) is 0 Å². The van der Waals surface area contributed by atoms with Gasteiger partial charge in [0.2, 0.25) is 0 Å². The van der Waals surface area contributed by atoms with E-state index in [0.717, 1.165) is 16.9 Å². The van der Waals surface area contributed by atoms with Crippen molar-refractivity contribution >= 4 is 0 Å². The molecule has 3 rings (SSSR count). The molecule has 0 amide bonds. The van der Waals surface area contributed by atoms with Crippen LogP contribution in [0.2, 0.25) is 0 Å². The van der Waals surface area contributed by atoms with Crippen molar-refractivity contribution in [1.82, 2.24) is 0 Å². The number of rotatable bonds is 4. The predicted molar refractivity (Wildman–Crippen MR) is 81.5 cm³/mol. The van der Waals surface area contributed by atoms with E-state index < -0.39 is 0 Å². The average Bonchev–Trinajstić information content (AvgIpc) is 2.55. The molecule has 0 saturated heterocycles. The van der Waals surface area contributed by atoms with Gasteiger partial charge in [0.1, 0.15) is 12.4 Å². The molecule has 0 aliphatic heterocycles. The van der Waals surface area contributed by atoms with Gasteiger partial charge in [0.05, 0.1) is 0 Å². The van der Waals surface area contributed by atoms with Gasteiger partial charge in [-0.2, -0.15) is 0 Å². The fourth-order valence-corrected chi connectivity index (χ4v) is 2.05. The van der Waals surface area contributed by atoms with Gasteiger partial charge in [-0.25, -0.2) is 0 Å². The highest BCUT2D eigenvalue weighted by Gasteiger charge is 1.99. The van der Waals surface area contributed by atoms with E-state index in [9.17, 15) is 0 Å². The minimum atomic E-state index is 0.571. The lowest BCUT2D eigenvalue weighted by atomic mass is 10.1. The molecule has 0 bridgehead atoms. The molecule has 0 N–H and O–H groups in total. The van der Waals surface area contributed by atoms with Gasteiger partial charge in [0.25, 0.3) is 0 Å². The average molecular weight is 259 g/mol. The molecule has 97 valence electrons. The van der Waals surface area contributed by atoms with E-state index in [1.54, 1.807) is 0 Å². The Morgan fingerprint density at radius 1 is 0.700 bits per heavy atom. The number of benzene rings is 3. The molecule has 3 aromatic carbocycles. The van der Waals surface area contributed by atoms with Crippen molar-refractivity contribution in [1.29, 1.82) is 0 Å². The summed E-state index contributed by atoms with van der Waals surface area (Å²) in [7, 11) is 0. The molecule has 1 heteroatoms. The zero-order chi connectivity index (χ0) is 13.6. The highest BCUT2D eigenvalue weighted by molar-refractivity contribution is 5.63. The van der Waals surface area contributed by atoms with Crippen molar-refractivity contribution in [3.63, 3.8) is 0 Å². The largest absolute Gasteiger partial charge is 0.488 e. The molecule has 0 aromatic heterocycles. The van der Waals surface area contributed by atoms with E-state index >= 15 is 0 Å². The Bertz CT molecular complexity index is 642. The van der Waals surface area contributed by atoms with Crippen molar-refractivity contribution in [2.24, 2.45) is 0 Å². The van der Waals surface area contributed by atoms with Crippen LogP contribution in [0.25, 0.3) is 11.1 Å². The van der Waals surface area contributed by atoms with Crippen molar-refractivity contribution in [3.05, 3.63) is 90.5 Å². The lowest BCUT2D eigenvalue weighted by molar-refractivity contribution is 0.305. The first kappa shape index (κ1) is 12.5.